The predicted octanol–water partition coefficient (Wildman–Crippen LogP) is 4.54. The van der Waals surface area contributed by atoms with Crippen molar-refractivity contribution in [1.29, 1.82) is 0 Å². The molecule has 4 aromatic rings. The second kappa shape index (κ2) is 10.4. The molecule has 9 heteroatoms. The molecule has 0 atom stereocenters. The predicted molar refractivity (Wildman–Crippen MR) is 128 cm³/mol. The average Bonchev–Trinajstić information content (AvgIpc) is 2.85. The smallest absolute Gasteiger partial charge is 0.263 e. The Morgan fingerprint density at radius 3 is 2.60 bits per heavy atom. The minimum Gasteiger partial charge on any atom is -0.452 e. The maximum atomic E-state index is 14.7. The number of benzene rings is 2. The van der Waals surface area contributed by atoms with Gasteiger partial charge in [-0.3, -0.25) is 14.6 Å². The number of amides is 1. The molecule has 2 heterocycles. The van der Waals surface area contributed by atoms with Crippen molar-refractivity contribution in [2.45, 2.75) is 6.54 Å². The minimum atomic E-state index is -0.726. The highest BCUT2D eigenvalue weighted by atomic mass is 19.1. The van der Waals surface area contributed by atoms with Gasteiger partial charge in [-0.25, -0.2) is 8.78 Å². The van der Waals surface area contributed by atoms with Crippen molar-refractivity contribution in [2.24, 2.45) is 5.73 Å². The molecule has 0 saturated heterocycles. The zero-order valence-electron chi connectivity index (χ0n) is 18.3. The van der Waals surface area contributed by atoms with Gasteiger partial charge in [0.1, 0.15) is 17.1 Å². The van der Waals surface area contributed by atoms with Crippen molar-refractivity contribution in [2.75, 3.05) is 5.32 Å². The number of carbonyl (C=O) groups excluding carboxylic acids is 1. The van der Waals surface area contributed by atoms with E-state index in [9.17, 15) is 18.4 Å². The first-order chi connectivity index (χ1) is 16.9. The number of nitrogens with one attached hydrogen (secondary N) is 1. The summed E-state index contributed by atoms with van der Waals surface area (Å²) in [5.74, 6) is -1.58. The first kappa shape index (κ1) is 23.4. The Labute approximate surface area is 199 Å². The molecule has 0 aliphatic rings. The molecule has 35 heavy (non-hydrogen) atoms. The summed E-state index contributed by atoms with van der Waals surface area (Å²) in [5.41, 5.74) is 6.01. The van der Waals surface area contributed by atoms with Gasteiger partial charge in [-0.05, 0) is 66.4 Å². The van der Waals surface area contributed by atoms with Crippen LogP contribution in [0.1, 0.15) is 21.6 Å². The van der Waals surface area contributed by atoms with Gasteiger partial charge in [0.15, 0.2) is 17.3 Å². The molecule has 2 aromatic carbocycles. The lowest BCUT2D eigenvalue weighted by Crippen LogP contribution is -2.29. The van der Waals surface area contributed by atoms with Gasteiger partial charge in [-0.1, -0.05) is 12.1 Å². The van der Waals surface area contributed by atoms with E-state index in [0.29, 0.717) is 17.0 Å². The molecule has 0 spiro atoms. The van der Waals surface area contributed by atoms with Crippen LogP contribution >= 0.6 is 0 Å². The van der Waals surface area contributed by atoms with E-state index in [1.165, 1.54) is 53.4 Å². The summed E-state index contributed by atoms with van der Waals surface area (Å²) in [7, 11) is 0. The highest BCUT2D eigenvalue weighted by Crippen LogP contribution is 2.28. The standard InChI is InChI=1S/C26H20F2N4O3/c27-18-7-5-17(6-8-18)16-32-14-2-3-20(26(32)34)25(33)31-19-9-10-23(21(28)15-19)35-24-4-1-13-30-22(24)11-12-29/h1-15H,16,29H2,(H,31,33). The van der Waals surface area contributed by atoms with Crippen molar-refractivity contribution in [3.8, 4) is 11.5 Å². The first-order valence-corrected chi connectivity index (χ1v) is 10.5. The van der Waals surface area contributed by atoms with E-state index in [2.05, 4.69) is 10.3 Å². The maximum absolute atomic E-state index is 14.7. The van der Waals surface area contributed by atoms with Crippen LogP contribution in [0.5, 0.6) is 11.5 Å². The number of nitrogens with zero attached hydrogens (tertiary/aromatic N) is 2. The number of aromatic nitrogens is 2. The fourth-order valence-electron chi connectivity index (χ4n) is 3.30. The number of pyridine rings is 2. The van der Waals surface area contributed by atoms with Crippen LogP contribution in [0.3, 0.4) is 0 Å². The summed E-state index contributed by atoms with van der Waals surface area (Å²) in [4.78, 5) is 29.6. The van der Waals surface area contributed by atoms with Gasteiger partial charge in [0.05, 0.1) is 6.54 Å². The summed E-state index contributed by atoms with van der Waals surface area (Å²) in [6.07, 6.45) is 5.89. The van der Waals surface area contributed by atoms with Crippen molar-refractivity contribution < 1.29 is 18.3 Å². The van der Waals surface area contributed by atoms with Gasteiger partial charge >= 0.3 is 0 Å². The van der Waals surface area contributed by atoms with Crippen LogP contribution in [-0.2, 0) is 6.54 Å². The van der Waals surface area contributed by atoms with Gasteiger partial charge in [-0.15, -0.1) is 0 Å². The molecule has 4 rings (SSSR count). The molecule has 0 aliphatic carbocycles. The number of halogens is 2. The normalized spacial score (nSPS) is 10.9. The van der Waals surface area contributed by atoms with Crippen LogP contribution in [0.15, 0.2) is 90.1 Å². The van der Waals surface area contributed by atoms with Crippen molar-refractivity contribution >= 4 is 17.7 Å². The highest BCUT2D eigenvalue weighted by molar-refractivity contribution is 6.04. The van der Waals surface area contributed by atoms with Crippen LogP contribution in [-0.4, -0.2) is 15.5 Å². The zero-order valence-corrected chi connectivity index (χ0v) is 18.3. The monoisotopic (exact) mass is 474 g/mol. The van der Waals surface area contributed by atoms with Crippen LogP contribution in [0, 0.1) is 11.6 Å². The second-order valence-electron chi connectivity index (χ2n) is 7.43. The van der Waals surface area contributed by atoms with Gasteiger partial charge < -0.3 is 20.4 Å². The topological polar surface area (TPSA) is 99.2 Å². The Hall–Kier alpha value is -4.79. The highest BCUT2D eigenvalue weighted by Gasteiger charge is 2.15. The second-order valence-corrected chi connectivity index (χ2v) is 7.43. The molecular formula is C26H20F2N4O3. The Morgan fingerprint density at radius 1 is 1.06 bits per heavy atom. The fourth-order valence-corrected chi connectivity index (χ4v) is 3.30. The van der Waals surface area contributed by atoms with Crippen LogP contribution in [0.2, 0.25) is 0 Å². The number of nitrogens with two attached hydrogens (primary N) is 1. The van der Waals surface area contributed by atoms with E-state index in [1.807, 2.05) is 0 Å². The number of hydrogen-bond donors (Lipinski definition) is 2. The lowest BCUT2D eigenvalue weighted by atomic mass is 10.2. The van der Waals surface area contributed by atoms with Gasteiger partial charge in [0.25, 0.3) is 11.5 Å². The van der Waals surface area contributed by atoms with Crippen molar-refractivity contribution in [3.63, 3.8) is 0 Å². The number of rotatable bonds is 7. The molecule has 2 aromatic heterocycles. The number of carbonyl (C=O) groups is 1. The molecule has 0 radical (unpaired) electrons. The largest absolute Gasteiger partial charge is 0.452 e. The minimum absolute atomic E-state index is 0.0796. The molecular weight excluding hydrogens is 454 g/mol. The lowest BCUT2D eigenvalue weighted by molar-refractivity contribution is 0.102. The third-order valence-corrected chi connectivity index (χ3v) is 4.99. The van der Waals surface area contributed by atoms with Gasteiger partial charge in [0, 0.05) is 24.1 Å². The molecule has 1 amide bonds. The molecule has 0 unspecified atom stereocenters. The summed E-state index contributed by atoms with van der Waals surface area (Å²) < 4.78 is 34.8. The third-order valence-electron chi connectivity index (χ3n) is 4.99. The number of ether oxygens (including phenoxy) is 1. The molecule has 0 aliphatic heterocycles. The molecule has 7 nitrogen and oxygen atoms in total. The van der Waals surface area contributed by atoms with E-state index < -0.39 is 17.3 Å². The Balaban J connectivity index is 1.50. The molecule has 176 valence electrons. The van der Waals surface area contributed by atoms with Gasteiger partial charge in [-0.2, -0.15) is 0 Å². The maximum Gasteiger partial charge on any atom is 0.263 e. The first-order valence-electron chi connectivity index (χ1n) is 10.5. The van der Waals surface area contributed by atoms with Crippen LogP contribution < -0.4 is 21.3 Å². The van der Waals surface area contributed by atoms with Crippen molar-refractivity contribution in [1.82, 2.24) is 9.55 Å². The quantitative estimate of drug-likeness (QED) is 0.410. The van der Waals surface area contributed by atoms with Gasteiger partial charge in [0.2, 0.25) is 0 Å². The Morgan fingerprint density at radius 2 is 1.86 bits per heavy atom. The summed E-state index contributed by atoms with van der Waals surface area (Å²) in [5, 5.41) is 2.52. The number of anilines is 1. The lowest BCUT2D eigenvalue weighted by Gasteiger charge is -2.11. The fraction of sp³-hybridized carbons (Fsp3) is 0.0385. The van der Waals surface area contributed by atoms with E-state index in [4.69, 9.17) is 10.5 Å². The van der Waals surface area contributed by atoms with E-state index >= 15 is 0 Å². The molecule has 0 fully saturated rings. The zero-order chi connectivity index (χ0) is 24.8. The van der Waals surface area contributed by atoms with Crippen LogP contribution in [0.25, 0.3) is 6.08 Å². The SMILES string of the molecule is NC=Cc1ncccc1Oc1ccc(NC(=O)c2cccn(Cc3ccc(F)cc3)c2=O)cc1F. The third kappa shape index (κ3) is 5.59. The van der Waals surface area contributed by atoms with E-state index in [-0.39, 0.29) is 29.4 Å². The Bertz CT molecular complexity index is 1450. The molecule has 0 saturated carbocycles. The van der Waals surface area contributed by atoms with E-state index in [0.717, 1.165) is 6.07 Å². The Kier molecular flexibility index (Phi) is 6.96. The summed E-state index contributed by atoms with van der Waals surface area (Å²) >= 11 is 0. The summed E-state index contributed by atoms with van der Waals surface area (Å²) in [6, 6.07) is 15.8. The number of hydrogen-bond acceptors (Lipinski definition) is 5. The molecule has 3 N–H and O–H groups in total. The van der Waals surface area contributed by atoms with Crippen molar-refractivity contribution in [3.05, 3.63) is 124 Å². The summed E-state index contributed by atoms with van der Waals surface area (Å²) in [6.45, 7) is 0.163. The van der Waals surface area contributed by atoms with E-state index in [1.54, 1.807) is 36.5 Å². The van der Waals surface area contributed by atoms with Crippen LogP contribution in [0.4, 0.5) is 14.5 Å². The average molecular weight is 474 g/mol. The molecule has 0 bridgehead atoms.